The second kappa shape index (κ2) is 51.0. The quantitative estimate of drug-likeness (QED) is 0.0423. The zero-order chi connectivity index (χ0) is 42.8. The molecule has 2 atom stereocenters. The highest BCUT2D eigenvalue weighted by Gasteiger charge is 2.17. The molecule has 0 aromatic rings. The largest absolute Gasteiger partial charge is 0.394 e. The molecule has 348 valence electrons. The van der Waals surface area contributed by atoms with Gasteiger partial charge in [-0.05, 0) is 44.9 Å². The molecule has 0 aliphatic rings. The summed E-state index contributed by atoms with van der Waals surface area (Å²) in [5.74, 6) is -0.0754. The summed E-state index contributed by atoms with van der Waals surface area (Å²) in [7, 11) is 0. The van der Waals surface area contributed by atoms with E-state index in [4.69, 9.17) is 0 Å². The Morgan fingerprint density at radius 1 is 0.390 bits per heavy atom. The Bertz CT molecular complexity index is 897. The normalized spacial score (nSPS) is 13.1. The fourth-order valence-corrected chi connectivity index (χ4v) is 8.27. The minimum absolute atomic E-state index is 0.0754. The summed E-state index contributed by atoms with van der Waals surface area (Å²) in [6, 6.07) is -0.643. The molecule has 1 amide bonds. The van der Waals surface area contributed by atoms with Crippen LogP contribution in [0.1, 0.15) is 290 Å². The third-order valence-corrected chi connectivity index (χ3v) is 12.4. The molecule has 2 unspecified atom stereocenters. The van der Waals surface area contributed by atoms with Gasteiger partial charge in [-0.3, -0.25) is 4.79 Å². The fraction of sp³-hybridized carbons (Fsp3) is 0.873. The Labute approximate surface area is 370 Å². The van der Waals surface area contributed by atoms with Crippen LogP contribution >= 0.6 is 0 Å². The molecule has 0 spiro atoms. The maximum absolute atomic E-state index is 12.4. The number of hydrogen-bond donors (Lipinski definition) is 3. The van der Waals surface area contributed by atoms with Gasteiger partial charge in [0.2, 0.25) is 5.91 Å². The van der Waals surface area contributed by atoms with Crippen LogP contribution in [0.3, 0.4) is 0 Å². The lowest BCUT2D eigenvalue weighted by Crippen LogP contribution is -2.45. The van der Waals surface area contributed by atoms with Crippen molar-refractivity contribution in [1.82, 2.24) is 5.32 Å². The molecule has 4 heteroatoms. The molecule has 0 saturated carbocycles. The summed E-state index contributed by atoms with van der Waals surface area (Å²) in [6.45, 7) is 4.31. The van der Waals surface area contributed by atoms with Crippen molar-refractivity contribution in [3.63, 3.8) is 0 Å². The number of carbonyl (C=O) groups excluding carboxylic acids is 1. The molecule has 0 bridgehead atoms. The number of amides is 1. The maximum Gasteiger partial charge on any atom is 0.220 e. The first-order valence-electron chi connectivity index (χ1n) is 26.7. The molecular formula is C55H105NO3. The summed E-state index contributed by atoms with van der Waals surface area (Å²) in [4.78, 5) is 12.4. The molecule has 0 aliphatic heterocycles. The highest BCUT2D eigenvalue weighted by molar-refractivity contribution is 5.76. The van der Waals surface area contributed by atoms with Crippen LogP contribution in [0.2, 0.25) is 0 Å². The molecule has 0 heterocycles. The Balaban J connectivity index is 3.51. The van der Waals surface area contributed by atoms with E-state index in [1.54, 1.807) is 6.08 Å². The van der Waals surface area contributed by atoms with Gasteiger partial charge in [0.05, 0.1) is 18.8 Å². The van der Waals surface area contributed by atoms with Crippen molar-refractivity contribution >= 4 is 5.91 Å². The first-order chi connectivity index (χ1) is 29.2. The molecule has 59 heavy (non-hydrogen) atoms. The molecule has 0 aromatic carbocycles. The molecule has 0 radical (unpaired) electrons. The Hall–Kier alpha value is -1.39. The van der Waals surface area contributed by atoms with Gasteiger partial charge < -0.3 is 15.5 Å². The van der Waals surface area contributed by atoms with Crippen LogP contribution in [0.15, 0.2) is 36.5 Å². The average molecular weight is 828 g/mol. The summed E-state index contributed by atoms with van der Waals surface area (Å²) in [5, 5.41) is 23.0. The van der Waals surface area contributed by atoms with Gasteiger partial charge in [-0.2, -0.15) is 0 Å². The Morgan fingerprint density at radius 3 is 0.983 bits per heavy atom. The van der Waals surface area contributed by atoms with Gasteiger partial charge in [0.15, 0.2) is 0 Å². The number of rotatable bonds is 49. The van der Waals surface area contributed by atoms with E-state index in [1.807, 2.05) is 6.08 Å². The highest BCUT2D eigenvalue weighted by atomic mass is 16.3. The third-order valence-electron chi connectivity index (χ3n) is 12.4. The number of nitrogens with one attached hydrogen (secondary N) is 1. The van der Waals surface area contributed by atoms with E-state index in [9.17, 15) is 15.0 Å². The molecular weight excluding hydrogens is 723 g/mol. The zero-order valence-electron chi connectivity index (χ0n) is 40.0. The van der Waals surface area contributed by atoms with Crippen molar-refractivity contribution in [2.75, 3.05) is 6.61 Å². The molecule has 0 aliphatic carbocycles. The van der Waals surface area contributed by atoms with Crippen LogP contribution < -0.4 is 5.32 Å². The zero-order valence-corrected chi connectivity index (χ0v) is 40.0. The van der Waals surface area contributed by atoms with Crippen molar-refractivity contribution in [2.24, 2.45) is 0 Å². The number of hydrogen-bond acceptors (Lipinski definition) is 3. The van der Waals surface area contributed by atoms with E-state index in [-0.39, 0.29) is 12.5 Å². The van der Waals surface area contributed by atoms with E-state index < -0.39 is 12.1 Å². The van der Waals surface area contributed by atoms with E-state index in [0.29, 0.717) is 6.42 Å². The van der Waals surface area contributed by atoms with Crippen molar-refractivity contribution in [3.05, 3.63) is 36.5 Å². The molecule has 0 fully saturated rings. The van der Waals surface area contributed by atoms with Gasteiger partial charge in [0.25, 0.3) is 0 Å². The van der Waals surface area contributed by atoms with Crippen molar-refractivity contribution in [2.45, 2.75) is 302 Å². The summed E-state index contributed by atoms with van der Waals surface area (Å²) < 4.78 is 0. The van der Waals surface area contributed by atoms with Crippen LogP contribution in [-0.2, 0) is 4.79 Å². The fourth-order valence-electron chi connectivity index (χ4n) is 8.27. The lowest BCUT2D eigenvalue weighted by molar-refractivity contribution is -0.123. The van der Waals surface area contributed by atoms with Gasteiger partial charge in [-0.25, -0.2) is 0 Å². The van der Waals surface area contributed by atoms with Crippen molar-refractivity contribution in [1.29, 1.82) is 0 Å². The SMILES string of the molecule is CCCCCCCCCCCCCCCCCCCCCCCCC/C=C/CC/C=C/CC/C=C/C(O)C(CO)NC(=O)CCCCCCCCCCCCCCCC. The second-order valence-electron chi connectivity index (χ2n) is 18.3. The predicted molar refractivity (Wildman–Crippen MR) is 262 cm³/mol. The number of unbranched alkanes of at least 4 members (excludes halogenated alkanes) is 38. The molecule has 4 nitrogen and oxygen atoms in total. The average Bonchev–Trinajstić information content (AvgIpc) is 3.24. The van der Waals surface area contributed by atoms with Gasteiger partial charge in [0.1, 0.15) is 0 Å². The van der Waals surface area contributed by atoms with Gasteiger partial charge in [-0.15, -0.1) is 0 Å². The van der Waals surface area contributed by atoms with E-state index >= 15 is 0 Å². The second-order valence-corrected chi connectivity index (χ2v) is 18.3. The Morgan fingerprint density at radius 2 is 0.661 bits per heavy atom. The lowest BCUT2D eigenvalue weighted by atomic mass is 10.0. The van der Waals surface area contributed by atoms with E-state index in [2.05, 4.69) is 43.5 Å². The molecule has 0 saturated heterocycles. The highest BCUT2D eigenvalue weighted by Crippen LogP contribution is 2.17. The van der Waals surface area contributed by atoms with Gasteiger partial charge in [-0.1, -0.05) is 275 Å². The molecule has 3 N–H and O–H groups in total. The topological polar surface area (TPSA) is 69.6 Å². The first-order valence-corrected chi connectivity index (χ1v) is 26.7. The Kier molecular flexibility index (Phi) is 49.8. The maximum atomic E-state index is 12.4. The summed E-state index contributed by atoms with van der Waals surface area (Å²) in [5.41, 5.74) is 0. The monoisotopic (exact) mass is 828 g/mol. The molecule has 0 rings (SSSR count). The number of carbonyl (C=O) groups is 1. The van der Waals surface area contributed by atoms with E-state index in [1.165, 1.54) is 231 Å². The van der Waals surface area contributed by atoms with Crippen molar-refractivity contribution in [3.8, 4) is 0 Å². The van der Waals surface area contributed by atoms with Gasteiger partial charge in [0, 0.05) is 6.42 Å². The number of allylic oxidation sites excluding steroid dienone is 5. The third kappa shape index (κ3) is 47.5. The van der Waals surface area contributed by atoms with Crippen molar-refractivity contribution < 1.29 is 15.0 Å². The number of aliphatic hydroxyl groups is 2. The minimum atomic E-state index is -0.868. The predicted octanol–water partition coefficient (Wildman–Crippen LogP) is 17.3. The van der Waals surface area contributed by atoms with E-state index in [0.717, 1.165) is 38.5 Å². The number of aliphatic hydroxyl groups excluding tert-OH is 2. The van der Waals surface area contributed by atoms with Crippen LogP contribution in [-0.4, -0.2) is 34.9 Å². The molecule has 0 aromatic heterocycles. The summed E-state index contributed by atoms with van der Waals surface area (Å²) >= 11 is 0. The van der Waals surface area contributed by atoms with Gasteiger partial charge >= 0.3 is 0 Å². The standard InChI is InChI=1S/C55H105NO3/c1-3-5-7-9-11-13-15-17-19-20-21-22-23-24-25-26-27-28-29-30-31-32-33-34-35-36-37-38-40-42-44-46-48-50-54(58)53(52-57)56-55(59)51-49-47-45-43-41-39-18-16-14-12-10-8-6-4-2/h35-36,40,42,48,50,53-54,57-58H,3-34,37-39,41,43-47,49,51-52H2,1-2H3,(H,56,59)/b36-35+,42-40+,50-48+. The summed E-state index contributed by atoms with van der Waals surface area (Å²) in [6.07, 6.45) is 68.8. The van der Waals surface area contributed by atoms with Crippen LogP contribution in [0, 0.1) is 0 Å². The van der Waals surface area contributed by atoms with Crippen LogP contribution in [0.4, 0.5) is 0 Å². The minimum Gasteiger partial charge on any atom is -0.394 e. The lowest BCUT2D eigenvalue weighted by Gasteiger charge is -2.19. The van der Waals surface area contributed by atoms with Crippen LogP contribution in [0.5, 0.6) is 0 Å². The first kappa shape index (κ1) is 57.6. The van der Waals surface area contributed by atoms with Crippen LogP contribution in [0.25, 0.3) is 0 Å². The smallest absolute Gasteiger partial charge is 0.220 e.